The van der Waals surface area contributed by atoms with Gasteiger partial charge in [0.05, 0.1) is 24.3 Å². The van der Waals surface area contributed by atoms with Gasteiger partial charge in [0.25, 0.3) is 0 Å². The van der Waals surface area contributed by atoms with Crippen molar-refractivity contribution in [2.75, 3.05) is 13.2 Å². The zero-order valence-electron chi connectivity index (χ0n) is 19.8. The van der Waals surface area contributed by atoms with E-state index in [0.29, 0.717) is 47.7 Å². The van der Waals surface area contributed by atoms with Crippen LogP contribution in [0.25, 0.3) is 0 Å². The number of carbonyl (C=O) groups excluding carboxylic acids is 2. The summed E-state index contributed by atoms with van der Waals surface area (Å²) >= 11 is 0. The van der Waals surface area contributed by atoms with Crippen LogP contribution in [0.1, 0.15) is 62.3 Å². The molecule has 0 fully saturated rings. The van der Waals surface area contributed by atoms with Crippen LogP contribution in [0.4, 0.5) is 0 Å². The Kier molecular flexibility index (Phi) is 9.57. The lowest BCUT2D eigenvalue weighted by Crippen LogP contribution is -2.30. The van der Waals surface area contributed by atoms with Gasteiger partial charge in [0.1, 0.15) is 23.7 Å². The highest BCUT2D eigenvalue weighted by molar-refractivity contribution is 5.90. The molecule has 0 unspecified atom stereocenters. The van der Waals surface area contributed by atoms with E-state index in [0.717, 1.165) is 0 Å². The van der Waals surface area contributed by atoms with Gasteiger partial charge in [-0.1, -0.05) is 27.7 Å². The molecule has 0 saturated carbocycles. The fourth-order valence-corrected chi connectivity index (χ4v) is 2.57. The third-order valence-electron chi connectivity index (χ3n) is 4.59. The van der Waals surface area contributed by atoms with Crippen molar-refractivity contribution in [3.05, 3.63) is 59.7 Å². The summed E-state index contributed by atoms with van der Waals surface area (Å²) in [5, 5.41) is 0. The topological polar surface area (TPSA) is 71.1 Å². The number of esters is 2. The molecule has 0 bridgehead atoms. The minimum absolute atomic E-state index is 0.407. The number of benzene rings is 2. The number of hydrogen-bond acceptors (Lipinski definition) is 6. The smallest absolute Gasteiger partial charge is 0.338 e. The maximum atomic E-state index is 12.4. The van der Waals surface area contributed by atoms with E-state index in [1.54, 1.807) is 62.4 Å². The molecule has 0 spiro atoms. The number of hydrogen-bond donors (Lipinski definition) is 0. The van der Waals surface area contributed by atoms with Gasteiger partial charge in [0.15, 0.2) is 0 Å². The van der Waals surface area contributed by atoms with Gasteiger partial charge in [-0.2, -0.15) is 0 Å². The maximum Gasteiger partial charge on any atom is 0.338 e. The lowest BCUT2D eigenvalue weighted by atomic mass is 10.2. The Morgan fingerprint density at radius 3 is 1.19 bits per heavy atom. The van der Waals surface area contributed by atoms with Crippen molar-refractivity contribution in [1.82, 2.24) is 0 Å². The van der Waals surface area contributed by atoms with Crippen molar-refractivity contribution in [3.63, 3.8) is 0 Å². The van der Waals surface area contributed by atoms with Crippen molar-refractivity contribution in [2.24, 2.45) is 11.8 Å². The summed E-state index contributed by atoms with van der Waals surface area (Å²) in [5.74, 6) is 1.27. The quantitative estimate of drug-likeness (QED) is 0.425. The van der Waals surface area contributed by atoms with Crippen molar-refractivity contribution in [2.45, 2.75) is 53.8 Å². The molecule has 2 rings (SSSR count). The first-order valence-electron chi connectivity index (χ1n) is 11.0. The summed E-state index contributed by atoms with van der Waals surface area (Å²) in [4.78, 5) is 24.8. The summed E-state index contributed by atoms with van der Waals surface area (Å²) < 4.78 is 22.2. The molecule has 0 heterocycles. The Balaban J connectivity index is 1.85. The van der Waals surface area contributed by atoms with Crippen molar-refractivity contribution in [1.29, 1.82) is 0 Å². The maximum absolute atomic E-state index is 12.4. The van der Waals surface area contributed by atoms with Gasteiger partial charge >= 0.3 is 11.9 Å². The Hall–Kier alpha value is -3.02. The number of carbonyl (C=O) groups is 2. The van der Waals surface area contributed by atoms with E-state index in [4.69, 9.17) is 18.9 Å². The van der Waals surface area contributed by atoms with Crippen LogP contribution in [-0.4, -0.2) is 37.4 Å². The molecule has 32 heavy (non-hydrogen) atoms. The van der Waals surface area contributed by atoms with Gasteiger partial charge in [-0.05, 0) is 74.2 Å². The predicted octanol–water partition coefficient (Wildman–Crippen LogP) is 5.55. The van der Waals surface area contributed by atoms with Gasteiger partial charge in [-0.25, -0.2) is 9.59 Å². The van der Waals surface area contributed by atoms with Crippen LogP contribution in [0.5, 0.6) is 11.5 Å². The van der Waals surface area contributed by atoms with Crippen LogP contribution in [0.3, 0.4) is 0 Å². The zero-order valence-corrected chi connectivity index (χ0v) is 19.8. The first-order chi connectivity index (χ1) is 15.2. The van der Waals surface area contributed by atoms with E-state index in [2.05, 4.69) is 27.7 Å². The second-order valence-electron chi connectivity index (χ2n) is 8.68. The highest BCUT2D eigenvalue weighted by atomic mass is 16.6. The lowest BCUT2D eigenvalue weighted by molar-refractivity contribution is -0.0239. The third kappa shape index (κ3) is 8.25. The fourth-order valence-electron chi connectivity index (χ4n) is 2.57. The minimum Gasteiger partial charge on any atom is -0.493 e. The Labute approximate surface area is 190 Å². The van der Waals surface area contributed by atoms with Gasteiger partial charge in [0.2, 0.25) is 0 Å². The van der Waals surface area contributed by atoms with Gasteiger partial charge in [0, 0.05) is 0 Å². The highest BCUT2D eigenvalue weighted by Crippen LogP contribution is 2.17. The van der Waals surface area contributed by atoms with Crippen LogP contribution in [0, 0.1) is 11.8 Å². The second kappa shape index (κ2) is 12.1. The normalized spacial score (nSPS) is 12.9. The summed E-state index contributed by atoms with van der Waals surface area (Å²) in [7, 11) is 0. The molecule has 0 aliphatic rings. The molecule has 2 atom stereocenters. The van der Waals surface area contributed by atoms with Gasteiger partial charge in [-0.3, -0.25) is 0 Å². The number of rotatable bonds is 11. The Morgan fingerprint density at radius 1 is 0.594 bits per heavy atom. The van der Waals surface area contributed by atoms with Crippen LogP contribution in [-0.2, 0) is 9.47 Å². The van der Waals surface area contributed by atoms with Gasteiger partial charge < -0.3 is 18.9 Å². The molecular formula is C26H34O6. The summed E-state index contributed by atoms with van der Waals surface area (Å²) in [6.07, 6.45) is -1.23. The molecule has 0 N–H and O–H groups in total. The molecule has 6 heteroatoms. The largest absolute Gasteiger partial charge is 0.493 e. The van der Waals surface area contributed by atoms with E-state index in [-0.39, 0.29) is 0 Å². The summed E-state index contributed by atoms with van der Waals surface area (Å²) in [6, 6.07) is 13.6. The molecular weight excluding hydrogens is 408 g/mol. The van der Waals surface area contributed by atoms with Crippen LogP contribution < -0.4 is 9.47 Å². The zero-order chi connectivity index (χ0) is 23.7. The standard InChI is InChI=1S/C26H34O6/c1-17(2)15-29-23-11-7-21(8-12-23)25(27)31-19(5)20(6)32-26(28)22-9-13-24(14-10-22)30-16-18(3)4/h7-14,17-20H,15-16H2,1-6H3/t19-,20-/m0/s1. The monoisotopic (exact) mass is 442 g/mol. The Bertz CT molecular complexity index is 781. The van der Waals surface area contributed by atoms with Crippen molar-refractivity contribution < 1.29 is 28.5 Å². The van der Waals surface area contributed by atoms with E-state index in [1.165, 1.54) is 0 Å². The molecule has 0 radical (unpaired) electrons. The average Bonchev–Trinajstić information content (AvgIpc) is 2.76. The SMILES string of the molecule is CC(C)COc1ccc(C(=O)O[C@@H](C)[C@H](C)OC(=O)c2ccc(OCC(C)C)cc2)cc1. The van der Waals surface area contributed by atoms with Crippen LogP contribution >= 0.6 is 0 Å². The number of ether oxygens (including phenoxy) is 4. The molecule has 174 valence electrons. The minimum atomic E-state index is -0.614. The first-order valence-corrected chi connectivity index (χ1v) is 11.0. The van der Waals surface area contributed by atoms with E-state index < -0.39 is 24.1 Å². The van der Waals surface area contributed by atoms with Crippen molar-refractivity contribution >= 4 is 11.9 Å². The van der Waals surface area contributed by atoms with Crippen molar-refractivity contribution in [3.8, 4) is 11.5 Å². The first kappa shape index (κ1) is 25.2. The third-order valence-corrected chi connectivity index (χ3v) is 4.59. The van der Waals surface area contributed by atoms with E-state index >= 15 is 0 Å². The molecule has 0 amide bonds. The van der Waals surface area contributed by atoms with Crippen LogP contribution in [0.15, 0.2) is 48.5 Å². The molecule has 0 aliphatic heterocycles. The van der Waals surface area contributed by atoms with E-state index in [9.17, 15) is 9.59 Å². The molecule has 0 saturated heterocycles. The molecule has 2 aromatic carbocycles. The molecule has 6 nitrogen and oxygen atoms in total. The second-order valence-corrected chi connectivity index (χ2v) is 8.68. The Morgan fingerprint density at radius 2 is 0.906 bits per heavy atom. The molecule has 0 aromatic heterocycles. The summed E-state index contributed by atoms with van der Waals surface area (Å²) in [5.41, 5.74) is 0.813. The molecule has 2 aromatic rings. The van der Waals surface area contributed by atoms with E-state index in [1.807, 2.05) is 0 Å². The van der Waals surface area contributed by atoms with Crippen LogP contribution in [0.2, 0.25) is 0 Å². The predicted molar refractivity (Wildman–Crippen MR) is 123 cm³/mol. The fraction of sp³-hybridized carbons (Fsp3) is 0.462. The lowest BCUT2D eigenvalue weighted by Gasteiger charge is -2.21. The highest BCUT2D eigenvalue weighted by Gasteiger charge is 2.22. The average molecular weight is 443 g/mol. The molecule has 0 aliphatic carbocycles. The van der Waals surface area contributed by atoms with Gasteiger partial charge in [-0.15, -0.1) is 0 Å². The summed E-state index contributed by atoms with van der Waals surface area (Å²) in [6.45, 7) is 12.9.